The molecule has 1 aliphatic heterocycles. The predicted molar refractivity (Wildman–Crippen MR) is 140 cm³/mol. The van der Waals surface area contributed by atoms with Crippen molar-refractivity contribution in [2.75, 3.05) is 18.6 Å². The number of rotatable bonds is 6. The number of ketones is 1. The molecule has 5 rings (SSSR count). The number of aryl methyl sites for hydroxylation is 1. The fraction of sp³-hybridized carbons (Fsp3) is 0.179. The van der Waals surface area contributed by atoms with E-state index in [0.29, 0.717) is 34.4 Å². The molecule has 0 aliphatic carbocycles. The third kappa shape index (κ3) is 4.09. The Kier molecular flexibility index (Phi) is 6.20. The Morgan fingerprint density at radius 3 is 2.56 bits per heavy atom. The molecule has 0 bridgehead atoms. The van der Waals surface area contributed by atoms with Crippen molar-refractivity contribution in [3.8, 4) is 11.5 Å². The highest BCUT2D eigenvalue weighted by Gasteiger charge is 2.48. The summed E-state index contributed by atoms with van der Waals surface area (Å²) in [6.45, 7) is 4.30. The van der Waals surface area contributed by atoms with E-state index in [1.54, 1.807) is 55.6 Å². The van der Waals surface area contributed by atoms with Crippen LogP contribution >= 0.6 is 11.3 Å². The van der Waals surface area contributed by atoms with Crippen LogP contribution in [0.25, 0.3) is 16.0 Å². The van der Waals surface area contributed by atoms with E-state index in [1.807, 2.05) is 32.0 Å². The first-order valence-corrected chi connectivity index (χ1v) is 12.3. The molecule has 36 heavy (non-hydrogen) atoms. The number of aromatic nitrogens is 1. The van der Waals surface area contributed by atoms with Gasteiger partial charge >= 0.3 is 5.91 Å². The van der Waals surface area contributed by atoms with Crippen LogP contribution in [0, 0.1) is 6.92 Å². The molecule has 1 aliphatic rings. The van der Waals surface area contributed by atoms with Gasteiger partial charge in [0.1, 0.15) is 17.3 Å². The van der Waals surface area contributed by atoms with Crippen molar-refractivity contribution in [1.82, 2.24) is 4.98 Å². The number of fused-ring (bicyclic) bond motifs is 1. The summed E-state index contributed by atoms with van der Waals surface area (Å²) in [4.78, 5) is 32.9. The molecule has 8 heteroatoms. The number of aliphatic hydroxyl groups is 1. The quantitative estimate of drug-likeness (QED) is 0.209. The molecule has 3 aromatic carbocycles. The minimum absolute atomic E-state index is 0.00532. The number of carbonyl (C=O) groups excluding carboxylic acids is 2. The zero-order chi connectivity index (χ0) is 25.4. The molecule has 1 fully saturated rings. The first-order valence-electron chi connectivity index (χ1n) is 11.5. The van der Waals surface area contributed by atoms with E-state index >= 15 is 0 Å². The third-order valence-corrected chi connectivity index (χ3v) is 7.05. The average Bonchev–Trinajstić information content (AvgIpc) is 3.41. The largest absolute Gasteiger partial charge is 0.507 e. The lowest BCUT2D eigenvalue weighted by Crippen LogP contribution is -2.29. The van der Waals surface area contributed by atoms with Crippen LogP contribution in [-0.4, -0.2) is 35.5 Å². The summed E-state index contributed by atoms with van der Waals surface area (Å²) in [6, 6.07) is 18.9. The molecule has 2 heterocycles. The molecule has 1 aromatic heterocycles. The SMILES string of the molecule is CCOc1cccc(/C(O)=C2\C(=O)C(=O)N(c3nc4ccc(C)cc4s3)C2c2ccc(OC)cc2)c1. The second-order valence-corrected chi connectivity index (χ2v) is 9.38. The molecule has 4 aromatic rings. The maximum absolute atomic E-state index is 13.4. The summed E-state index contributed by atoms with van der Waals surface area (Å²) >= 11 is 1.33. The van der Waals surface area contributed by atoms with Crippen molar-refractivity contribution >= 4 is 44.1 Å². The van der Waals surface area contributed by atoms with Gasteiger partial charge in [0.25, 0.3) is 5.78 Å². The van der Waals surface area contributed by atoms with Gasteiger partial charge < -0.3 is 14.6 Å². The van der Waals surface area contributed by atoms with E-state index in [-0.39, 0.29) is 11.3 Å². The van der Waals surface area contributed by atoms with E-state index < -0.39 is 17.7 Å². The van der Waals surface area contributed by atoms with Gasteiger partial charge in [-0.2, -0.15) is 0 Å². The number of nitrogens with zero attached hydrogens (tertiary/aromatic N) is 2. The standard InChI is InChI=1S/C28H24N2O5S/c1-4-35-20-7-5-6-18(15-20)25(31)23-24(17-9-11-19(34-3)12-10-17)30(27(33)26(23)32)28-29-21-13-8-16(2)14-22(21)36-28/h5-15,24,31H,4H2,1-3H3/b25-23+. The number of anilines is 1. The average molecular weight is 501 g/mol. The van der Waals surface area contributed by atoms with Crippen molar-refractivity contribution in [3.05, 3.63) is 89.0 Å². The highest BCUT2D eigenvalue weighted by molar-refractivity contribution is 7.22. The molecule has 0 spiro atoms. The zero-order valence-electron chi connectivity index (χ0n) is 20.0. The molecule has 1 N–H and O–H groups in total. The molecule has 1 unspecified atom stereocenters. The molecule has 0 saturated carbocycles. The van der Waals surface area contributed by atoms with Gasteiger partial charge in [-0.3, -0.25) is 14.5 Å². The van der Waals surface area contributed by atoms with Gasteiger partial charge in [0.15, 0.2) is 5.13 Å². The predicted octanol–water partition coefficient (Wildman–Crippen LogP) is 5.64. The monoisotopic (exact) mass is 500 g/mol. The zero-order valence-corrected chi connectivity index (χ0v) is 20.8. The van der Waals surface area contributed by atoms with E-state index in [1.165, 1.54) is 16.2 Å². The molecule has 1 saturated heterocycles. The van der Waals surface area contributed by atoms with Crippen LogP contribution in [0.3, 0.4) is 0 Å². The van der Waals surface area contributed by atoms with Crippen molar-refractivity contribution in [3.63, 3.8) is 0 Å². The fourth-order valence-corrected chi connectivity index (χ4v) is 5.40. The van der Waals surface area contributed by atoms with Crippen LogP contribution in [0.15, 0.2) is 72.3 Å². The van der Waals surface area contributed by atoms with Gasteiger partial charge in [-0.1, -0.05) is 41.7 Å². The van der Waals surface area contributed by atoms with Gasteiger partial charge in [0, 0.05) is 5.56 Å². The number of benzene rings is 3. The van der Waals surface area contributed by atoms with Crippen LogP contribution in [0.2, 0.25) is 0 Å². The summed E-state index contributed by atoms with van der Waals surface area (Å²) in [5, 5.41) is 11.7. The number of thiazole rings is 1. The Hall–Kier alpha value is -4.17. The highest BCUT2D eigenvalue weighted by Crippen LogP contribution is 2.44. The van der Waals surface area contributed by atoms with E-state index in [2.05, 4.69) is 4.98 Å². The lowest BCUT2D eigenvalue weighted by molar-refractivity contribution is -0.132. The van der Waals surface area contributed by atoms with E-state index in [9.17, 15) is 14.7 Å². The lowest BCUT2D eigenvalue weighted by Gasteiger charge is -2.23. The summed E-state index contributed by atoms with van der Waals surface area (Å²) in [7, 11) is 1.57. The second-order valence-electron chi connectivity index (χ2n) is 8.37. The number of hydrogen-bond acceptors (Lipinski definition) is 7. The maximum Gasteiger partial charge on any atom is 0.301 e. The lowest BCUT2D eigenvalue weighted by atomic mass is 9.95. The summed E-state index contributed by atoms with van der Waals surface area (Å²) < 4.78 is 11.8. The topological polar surface area (TPSA) is 89.0 Å². The van der Waals surface area contributed by atoms with Crippen molar-refractivity contribution in [2.45, 2.75) is 19.9 Å². The van der Waals surface area contributed by atoms with Gasteiger partial charge in [-0.15, -0.1) is 0 Å². The highest BCUT2D eigenvalue weighted by atomic mass is 32.1. The van der Waals surface area contributed by atoms with Gasteiger partial charge in [-0.05, 0) is 61.4 Å². The number of methoxy groups -OCH3 is 1. The Balaban J connectivity index is 1.70. The summed E-state index contributed by atoms with van der Waals surface area (Å²) in [6.07, 6.45) is 0. The normalized spacial score (nSPS) is 17.1. The number of amides is 1. The Bertz CT molecular complexity index is 1510. The molecular weight excluding hydrogens is 476 g/mol. The van der Waals surface area contributed by atoms with Gasteiger partial charge in [0.05, 0.1) is 35.5 Å². The molecule has 0 radical (unpaired) electrons. The maximum atomic E-state index is 13.4. The number of aliphatic hydroxyl groups excluding tert-OH is 1. The number of ether oxygens (including phenoxy) is 2. The minimum atomic E-state index is -0.867. The third-order valence-electron chi connectivity index (χ3n) is 6.03. The summed E-state index contributed by atoms with van der Waals surface area (Å²) in [5.41, 5.74) is 2.83. The van der Waals surface area contributed by atoms with Crippen molar-refractivity contribution in [2.24, 2.45) is 0 Å². The van der Waals surface area contributed by atoms with Crippen LogP contribution in [0.5, 0.6) is 11.5 Å². The van der Waals surface area contributed by atoms with Crippen molar-refractivity contribution in [1.29, 1.82) is 0 Å². The number of hydrogen-bond donors (Lipinski definition) is 1. The van der Waals surface area contributed by atoms with Gasteiger partial charge in [0.2, 0.25) is 0 Å². The van der Waals surface area contributed by atoms with Crippen LogP contribution in [-0.2, 0) is 9.59 Å². The smallest absolute Gasteiger partial charge is 0.301 e. The van der Waals surface area contributed by atoms with Crippen molar-refractivity contribution < 1.29 is 24.2 Å². The Labute approximate surface area is 212 Å². The van der Waals surface area contributed by atoms with E-state index in [0.717, 1.165) is 15.8 Å². The molecule has 1 amide bonds. The Morgan fingerprint density at radius 1 is 1.06 bits per heavy atom. The minimum Gasteiger partial charge on any atom is -0.507 e. The van der Waals surface area contributed by atoms with Crippen LogP contribution < -0.4 is 14.4 Å². The van der Waals surface area contributed by atoms with Crippen LogP contribution in [0.4, 0.5) is 5.13 Å². The first kappa shape index (κ1) is 23.6. The fourth-order valence-electron chi connectivity index (χ4n) is 4.31. The number of carbonyl (C=O) groups is 2. The first-order chi connectivity index (χ1) is 17.4. The second kappa shape index (κ2) is 9.47. The number of Topliss-reactive ketones (excluding diaryl/α,β-unsaturated/α-hetero) is 1. The van der Waals surface area contributed by atoms with E-state index in [4.69, 9.17) is 9.47 Å². The Morgan fingerprint density at radius 2 is 1.83 bits per heavy atom. The summed E-state index contributed by atoms with van der Waals surface area (Å²) in [5.74, 6) is -0.594. The van der Waals surface area contributed by atoms with Crippen LogP contribution in [0.1, 0.15) is 29.7 Å². The molecule has 7 nitrogen and oxygen atoms in total. The molecule has 182 valence electrons. The van der Waals surface area contributed by atoms with Gasteiger partial charge in [-0.25, -0.2) is 4.98 Å². The molecular formula is C28H24N2O5S. The molecule has 1 atom stereocenters.